The Bertz CT molecular complexity index is 1030. The van der Waals surface area contributed by atoms with Gasteiger partial charge in [-0.2, -0.15) is 0 Å². The highest BCUT2D eigenvalue weighted by molar-refractivity contribution is 5.85. The van der Waals surface area contributed by atoms with E-state index < -0.39 is 18.2 Å². The van der Waals surface area contributed by atoms with Crippen molar-refractivity contribution in [2.24, 2.45) is 0 Å². The number of cyclic esters (lactones) is 1. The highest BCUT2D eigenvalue weighted by atomic mass is 19.1. The van der Waals surface area contributed by atoms with Gasteiger partial charge in [0.2, 0.25) is 0 Å². The summed E-state index contributed by atoms with van der Waals surface area (Å²) in [6.07, 6.45) is 2.68. The van der Waals surface area contributed by atoms with Gasteiger partial charge in [0.05, 0.1) is 39.5 Å². The quantitative estimate of drug-likeness (QED) is 0.331. The first-order chi connectivity index (χ1) is 17.3. The minimum Gasteiger partial charge on any atom is -0.493 e. The molecule has 36 heavy (non-hydrogen) atoms. The topological polar surface area (TPSA) is 83.5 Å². The Morgan fingerprint density at radius 3 is 2.50 bits per heavy atom. The SMILES string of the molecule is COCCOCCOc1c(OC)cc(C(C)C)c(/C=C/C2CC(O)CC(=O)O2)c1-c1ccc(F)cc1. The molecule has 8 heteroatoms. The second kappa shape index (κ2) is 13.4. The highest BCUT2D eigenvalue weighted by Crippen LogP contribution is 2.45. The number of aliphatic hydroxyl groups is 1. The second-order valence-corrected chi connectivity index (χ2v) is 8.88. The lowest BCUT2D eigenvalue weighted by molar-refractivity contribution is -0.156. The Hall–Kier alpha value is -2.94. The summed E-state index contributed by atoms with van der Waals surface area (Å²) in [5, 5.41) is 10.0. The van der Waals surface area contributed by atoms with E-state index in [2.05, 4.69) is 13.8 Å². The lowest BCUT2D eigenvalue weighted by Gasteiger charge is -2.25. The van der Waals surface area contributed by atoms with Gasteiger partial charge in [-0.05, 0) is 46.9 Å². The summed E-state index contributed by atoms with van der Waals surface area (Å²) in [7, 11) is 3.19. The zero-order valence-electron chi connectivity index (χ0n) is 21.3. The molecule has 3 rings (SSSR count). The van der Waals surface area contributed by atoms with E-state index in [0.717, 1.165) is 22.3 Å². The molecule has 1 N–H and O–H groups in total. The van der Waals surface area contributed by atoms with Crippen LogP contribution in [0.25, 0.3) is 17.2 Å². The predicted molar refractivity (Wildman–Crippen MR) is 135 cm³/mol. The molecular weight excluding hydrogens is 467 g/mol. The fourth-order valence-electron chi connectivity index (χ4n) is 4.11. The van der Waals surface area contributed by atoms with Crippen LogP contribution >= 0.6 is 0 Å². The molecule has 1 fully saturated rings. The van der Waals surface area contributed by atoms with Crippen LogP contribution in [0.15, 0.2) is 36.4 Å². The Morgan fingerprint density at radius 2 is 1.86 bits per heavy atom. The third kappa shape index (κ3) is 7.29. The summed E-state index contributed by atoms with van der Waals surface area (Å²) in [5.41, 5.74) is 3.29. The normalized spacial score (nSPS) is 18.0. The van der Waals surface area contributed by atoms with E-state index in [4.69, 9.17) is 23.7 Å². The maximum atomic E-state index is 13.8. The predicted octanol–water partition coefficient (Wildman–Crippen LogP) is 4.75. The number of hydrogen-bond acceptors (Lipinski definition) is 7. The van der Waals surface area contributed by atoms with Gasteiger partial charge in [0.25, 0.3) is 0 Å². The van der Waals surface area contributed by atoms with Gasteiger partial charge in [0.1, 0.15) is 18.5 Å². The molecule has 0 amide bonds. The first-order valence-electron chi connectivity index (χ1n) is 12.1. The fourth-order valence-corrected chi connectivity index (χ4v) is 4.11. The third-order valence-corrected chi connectivity index (χ3v) is 5.87. The second-order valence-electron chi connectivity index (χ2n) is 8.88. The largest absolute Gasteiger partial charge is 0.493 e. The molecule has 7 nitrogen and oxygen atoms in total. The van der Waals surface area contributed by atoms with Gasteiger partial charge < -0.3 is 28.8 Å². The van der Waals surface area contributed by atoms with Gasteiger partial charge in [-0.25, -0.2) is 4.39 Å². The number of ether oxygens (including phenoxy) is 5. The van der Waals surface area contributed by atoms with Gasteiger partial charge in [-0.3, -0.25) is 4.79 Å². The molecule has 0 radical (unpaired) electrons. The molecule has 2 atom stereocenters. The van der Waals surface area contributed by atoms with Crippen molar-refractivity contribution in [3.05, 3.63) is 53.4 Å². The summed E-state index contributed by atoms with van der Waals surface area (Å²) < 4.78 is 41.6. The first kappa shape index (κ1) is 27.6. The van der Waals surface area contributed by atoms with Crippen molar-refractivity contribution >= 4 is 12.0 Å². The van der Waals surface area contributed by atoms with Crippen molar-refractivity contribution in [1.82, 2.24) is 0 Å². The molecule has 2 unspecified atom stereocenters. The van der Waals surface area contributed by atoms with Crippen LogP contribution in [0.1, 0.15) is 43.7 Å². The van der Waals surface area contributed by atoms with Crippen LogP contribution in [0.4, 0.5) is 4.39 Å². The number of hydrogen-bond donors (Lipinski definition) is 1. The van der Waals surface area contributed by atoms with Gasteiger partial charge in [0.15, 0.2) is 11.5 Å². The molecule has 0 aromatic heterocycles. The molecule has 1 saturated heterocycles. The number of esters is 1. The number of benzene rings is 2. The smallest absolute Gasteiger partial charge is 0.309 e. The van der Waals surface area contributed by atoms with Crippen LogP contribution in [-0.4, -0.2) is 63.9 Å². The standard InChI is InChI=1S/C28H35FO7/c1-18(2)24-17-25(33-4)28(35-14-13-34-12-11-32-3)27(19-5-7-20(29)8-6-19)23(24)10-9-22-15-21(30)16-26(31)36-22/h5-10,17-18,21-22,30H,11-16H2,1-4H3/b10-9+. The van der Waals surface area contributed by atoms with Crippen LogP contribution in [0.5, 0.6) is 11.5 Å². The first-order valence-corrected chi connectivity index (χ1v) is 12.1. The van der Waals surface area contributed by atoms with E-state index >= 15 is 0 Å². The number of aliphatic hydroxyl groups excluding tert-OH is 1. The van der Waals surface area contributed by atoms with Crippen LogP contribution in [-0.2, 0) is 19.0 Å². The molecular formula is C28H35FO7. The molecule has 2 aromatic carbocycles. The summed E-state index contributed by atoms with van der Waals surface area (Å²) in [5.74, 6) is 0.387. The molecule has 0 spiro atoms. The lowest BCUT2D eigenvalue weighted by atomic mass is 9.88. The molecule has 1 aliphatic heterocycles. The van der Waals surface area contributed by atoms with Crippen molar-refractivity contribution in [3.8, 4) is 22.6 Å². The molecule has 0 saturated carbocycles. The Labute approximate surface area is 211 Å². The van der Waals surface area contributed by atoms with Crippen LogP contribution < -0.4 is 9.47 Å². The Kier molecular flexibility index (Phi) is 10.3. The number of halogens is 1. The van der Waals surface area contributed by atoms with Crippen molar-refractivity contribution in [1.29, 1.82) is 0 Å². The lowest BCUT2D eigenvalue weighted by Crippen LogP contribution is -2.31. The minimum atomic E-state index is -0.741. The molecule has 2 aromatic rings. The summed E-state index contributed by atoms with van der Waals surface area (Å²) >= 11 is 0. The number of carbonyl (C=O) groups is 1. The number of rotatable bonds is 12. The monoisotopic (exact) mass is 502 g/mol. The van der Waals surface area contributed by atoms with Gasteiger partial charge in [-0.1, -0.05) is 32.1 Å². The van der Waals surface area contributed by atoms with Gasteiger partial charge in [-0.15, -0.1) is 0 Å². The maximum absolute atomic E-state index is 13.8. The molecule has 0 bridgehead atoms. The van der Waals surface area contributed by atoms with E-state index in [9.17, 15) is 14.3 Å². The average molecular weight is 503 g/mol. The van der Waals surface area contributed by atoms with E-state index in [0.29, 0.717) is 37.7 Å². The Morgan fingerprint density at radius 1 is 1.14 bits per heavy atom. The van der Waals surface area contributed by atoms with Crippen molar-refractivity contribution in [3.63, 3.8) is 0 Å². The molecule has 0 aliphatic carbocycles. The summed E-state index contributed by atoms with van der Waals surface area (Å²) in [4.78, 5) is 11.8. The van der Waals surface area contributed by atoms with E-state index in [1.807, 2.05) is 12.1 Å². The highest BCUT2D eigenvalue weighted by Gasteiger charge is 2.26. The zero-order valence-corrected chi connectivity index (χ0v) is 21.3. The van der Waals surface area contributed by atoms with Crippen molar-refractivity contribution < 1.29 is 38.0 Å². The minimum absolute atomic E-state index is 0.00457. The third-order valence-electron chi connectivity index (χ3n) is 5.87. The zero-order chi connectivity index (χ0) is 26.1. The fraction of sp³-hybridized carbons (Fsp3) is 0.464. The van der Waals surface area contributed by atoms with Crippen LogP contribution in [0.3, 0.4) is 0 Å². The number of methoxy groups -OCH3 is 2. The summed E-state index contributed by atoms with van der Waals surface area (Å²) in [6, 6.07) is 8.11. The Balaban J connectivity index is 2.08. The van der Waals surface area contributed by atoms with Crippen LogP contribution in [0.2, 0.25) is 0 Å². The molecule has 1 heterocycles. The molecule has 1 aliphatic rings. The van der Waals surface area contributed by atoms with E-state index in [1.54, 1.807) is 32.4 Å². The molecule has 196 valence electrons. The van der Waals surface area contributed by atoms with E-state index in [1.165, 1.54) is 12.1 Å². The number of carbonyl (C=O) groups excluding carboxylic acids is 1. The van der Waals surface area contributed by atoms with Crippen molar-refractivity contribution in [2.75, 3.05) is 40.6 Å². The van der Waals surface area contributed by atoms with E-state index in [-0.39, 0.29) is 24.8 Å². The maximum Gasteiger partial charge on any atom is 0.309 e. The van der Waals surface area contributed by atoms with Gasteiger partial charge in [0, 0.05) is 19.1 Å². The van der Waals surface area contributed by atoms with Crippen molar-refractivity contribution in [2.45, 2.75) is 44.8 Å². The van der Waals surface area contributed by atoms with Crippen LogP contribution in [0, 0.1) is 5.82 Å². The van der Waals surface area contributed by atoms with Gasteiger partial charge >= 0.3 is 5.97 Å². The summed E-state index contributed by atoms with van der Waals surface area (Å²) in [6.45, 7) is 5.69. The average Bonchev–Trinajstić information content (AvgIpc) is 2.84.